The minimum atomic E-state index is -0.0913. The largest absolute Gasteiger partial charge is 0.338 e. The molecule has 0 aromatic carbocycles. The molecule has 18 heavy (non-hydrogen) atoms. The molecule has 1 heterocycles. The third-order valence-corrected chi connectivity index (χ3v) is 2.91. The third kappa shape index (κ3) is 3.80. The molecule has 0 aliphatic heterocycles. The predicted octanol–water partition coefficient (Wildman–Crippen LogP) is 0.743. The number of rotatable bonds is 6. The highest BCUT2D eigenvalue weighted by Crippen LogP contribution is 2.11. The van der Waals surface area contributed by atoms with E-state index in [9.17, 15) is 4.79 Å². The highest BCUT2D eigenvalue weighted by atomic mass is 16.2. The molecule has 1 unspecified atom stereocenters. The zero-order valence-electron chi connectivity index (χ0n) is 11.6. The maximum absolute atomic E-state index is 12.2. The van der Waals surface area contributed by atoms with Crippen molar-refractivity contribution in [3.8, 4) is 0 Å². The van der Waals surface area contributed by atoms with Crippen molar-refractivity contribution in [3.63, 3.8) is 0 Å². The Bertz CT molecular complexity index is 388. The first-order valence-electron chi connectivity index (χ1n) is 6.33. The molecule has 6 heteroatoms. The van der Waals surface area contributed by atoms with Crippen LogP contribution in [0, 0.1) is 5.92 Å². The smallest absolute Gasteiger partial charge is 0.276 e. The van der Waals surface area contributed by atoms with Crippen molar-refractivity contribution in [2.45, 2.75) is 39.8 Å². The van der Waals surface area contributed by atoms with E-state index in [4.69, 9.17) is 5.73 Å². The van der Waals surface area contributed by atoms with Gasteiger partial charge in [0.05, 0.1) is 12.7 Å². The number of aromatic nitrogens is 3. The summed E-state index contributed by atoms with van der Waals surface area (Å²) in [5.74, 6) is 0.467. The van der Waals surface area contributed by atoms with E-state index in [1.165, 1.54) is 0 Å². The van der Waals surface area contributed by atoms with E-state index >= 15 is 0 Å². The molecule has 1 aromatic heterocycles. The molecule has 0 spiro atoms. The molecule has 0 fully saturated rings. The zero-order chi connectivity index (χ0) is 13.7. The lowest BCUT2D eigenvalue weighted by Crippen LogP contribution is -2.36. The molecule has 0 aliphatic rings. The fourth-order valence-corrected chi connectivity index (χ4v) is 1.86. The van der Waals surface area contributed by atoms with Gasteiger partial charge >= 0.3 is 0 Å². The summed E-state index contributed by atoms with van der Waals surface area (Å²) in [5.41, 5.74) is 5.80. The van der Waals surface area contributed by atoms with Gasteiger partial charge in [0, 0.05) is 19.6 Å². The first-order valence-corrected chi connectivity index (χ1v) is 6.33. The van der Waals surface area contributed by atoms with Gasteiger partial charge in [-0.25, -0.2) is 0 Å². The third-order valence-electron chi connectivity index (χ3n) is 2.91. The van der Waals surface area contributed by atoms with Crippen LogP contribution in [-0.2, 0) is 6.54 Å². The summed E-state index contributed by atoms with van der Waals surface area (Å²) in [4.78, 5) is 13.9. The number of amides is 1. The molecule has 0 saturated heterocycles. The average Bonchev–Trinajstić information content (AvgIpc) is 2.75. The molecule has 2 N–H and O–H groups in total. The van der Waals surface area contributed by atoms with Gasteiger partial charge in [-0.3, -0.25) is 9.48 Å². The van der Waals surface area contributed by atoms with Gasteiger partial charge in [-0.2, -0.15) is 0 Å². The Morgan fingerprint density at radius 3 is 2.72 bits per heavy atom. The highest BCUT2D eigenvalue weighted by molar-refractivity contribution is 5.91. The molecule has 0 saturated carbocycles. The molecular formula is C12H23N5O. The van der Waals surface area contributed by atoms with Crippen LogP contribution in [0.2, 0.25) is 0 Å². The molecule has 1 atom stereocenters. The van der Waals surface area contributed by atoms with Gasteiger partial charge in [0.25, 0.3) is 5.91 Å². The number of hydrogen-bond acceptors (Lipinski definition) is 4. The normalized spacial score (nSPS) is 12.8. The van der Waals surface area contributed by atoms with E-state index in [0.717, 1.165) is 6.42 Å². The van der Waals surface area contributed by atoms with Crippen molar-refractivity contribution in [3.05, 3.63) is 11.9 Å². The summed E-state index contributed by atoms with van der Waals surface area (Å²) in [7, 11) is 1.80. The number of hydrogen-bond donors (Lipinski definition) is 1. The van der Waals surface area contributed by atoms with Crippen molar-refractivity contribution in [1.29, 1.82) is 0 Å². The summed E-state index contributed by atoms with van der Waals surface area (Å²) in [6.45, 7) is 7.39. The Kier molecular flexibility index (Phi) is 5.27. The molecule has 1 rings (SSSR count). The summed E-state index contributed by atoms with van der Waals surface area (Å²) < 4.78 is 1.59. The second kappa shape index (κ2) is 6.49. The monoisotopic (exact) mass is 253 g/mol. The van der Waals surface area contributed by atoms with Crippen molar-refractivity contribution in [2.24, 2.45) is 11.7 Å². The SMILES string of the molecule is CC(C)CC(C)N(C)C(=O)c1cn(CCN)nn1. The van der Waals surface area contributed by atoms with Crippen LogP contribution in [0.5, 0.6) is 0 Å². The van der Waals surface area contributed by atoms with E-state index in [1.807, 2.05) is 6.92 Å². The van der Waals surface area contributed by atoms with Crippen LogP contribution < -0.4 is 5.73 Å². The Morgan fingerprint density at radius 2 is 2.17 bits per heavy atom. The van der Waals surface area contributed by atoms with Gasteiger partial charge in [0.2, 0.25) is 0 Å². The lowest BCUT2D eigenvalue weighted by molar-refractivity contribution is 0.0722. The first-order chi connectivity index (χ1) is 8.45. The molecule has 0 aliphatic carbocycles. The average molecular weight is 253 g/mol. The second-order valence-electron chi connectivity index (χ2n) is 5.05. The van der Waals surface area contributed by atoms with E-state index in [2.05, 4.69) is 24.2 Å². The Balaban J connectivity index is 2.67. The van der Waals surface area contributed by atoms with Crippen LogP contribution in [0.4, 0.5) is 0 Å². The molecule has 6 nitrogen and oxygen atoms in total. The van der Waals surface area contributed by atoms with E-state index in [1.54, 1.807) is 22.8 Å². The summed E-state index contributed by atoms with van der Waals surface area (Å²) in [5, 5.41) is 7.75. The van der Waals surface area contributed by atoms with Crippen molar-refractivity contribution >= 4 is 5.91 Å². The lowest BCUT2D eigenvalue weighted by atomic mass is 10.0. The van der Waals surface area contributed by atoms with Gasteiger partial charge < -0.3 is 10.6 Å². The molecular weight excluding hydrogens is 230 g/mol. The topological polar surface area (TPSA) is 77.0 Å². The van der Waals surface area contributed by atoms with Crippen molar-refractivity contribution in [1.82, 2.24) is 19.9 Å². The second-order valence-corrected chi connectivity index (χ2v) is 5.05. The van der Waals surface area contributed by atoms with Crippen LogP contribution in [0.3, 0.4) is 0 Å². The maximum atomic E-state index is 12.2. The van der Waals surface area contributed by atoms with Crippen LogP contribution in [0.15, 0.2) is 6.20 Å². The fraction of sp³-hybridized carbons (Fsp3) is 0.750. The summed E-state index contributed by atoms with van der Waals surface area (Å²) >= 11 is 0. The number of nitrogens with zero attached hydrogens (tertiary/aromatic N) is 4. The molecule has 0 radical (unpaired) electrons. The fourth-order valence-electron chi connectivity index (χ4n) is 1.86. The van der Waals surface area contributed by atoms with E-state index in [-0.39, 0.29) is 11.9 Å². The minimum absolute atomic E-state index is 0.0913. The van der Waals surface area contributed by atoms with Gasteiger partial charge in [0.1, 0.15) is 0 Å². The predicted molar refractivity (Wildman–Crippen MR) is 70.1 cm³/mol. The molecule has 1 aromatic rings. The van der Waals surface area contributed by atoms with Gasteiger partial charge in [0.15, 0.2) is 5.69 Å². The summed E-state index contributed by atoms with van der Waals surface area (Å²) in [6, 6.07) is 0.192. The zero-order valence-corrected chi connectivity index (χ0v) is 11.6. The first kappa shape index (κ1) is 14.6. The Morgan fingerprint density at radius 1 is 1.50 bits per heavy atom. The number of carbonyl (C=O) groups excluding carboxylic acids is 1. The summed E-state index contributed by atoms with van der Waals surface area (Å²) in [6.07, 6.45) is 2.62. The maximum Gasteiger partial charge on any atom is 0.276 e. The van der Waals surface area contributed by atoms with Gasteiger partial charge in [-0.1, -0.05) is 19.1 Å². The Hall–Kier alpha value is -1.43. The number of carbonyl (C=O) groups is 1. The van der Waals surface area contributed by atoms with Gasteiger partial charge in [-0.15, -0.1) is 5.10 Å². The van der Waals surface area contributed by atoms with Crippen LogP contribution in [0.25, 0.3) is 0 Å². The van der Waals surface area contributed by atoms with Crippen LogP contribution >= 0.6 is 0 Å². The van der Waals surface area contributed by atoms with Gasteiger partial charge in [-0.05, 0) is 19.3 Å². The van der Waals surface area contributed by atoms with Crippen LogP contribution in [0.1, 0.15) is 37.7 Å². The molecule has 1 amide bonds. The van der Waals surface area contributed by atoms with Crippen LogP contribution in [-0.4, -0.2) is 45.4 Å². The van der Waals surface area contributed by atoms with E-state index in [0.29, 0.717) is 24.7 Å². The number of nitrogens with two attached hydrogens (primary N) is 1. The van der Waals surface area contributed by atoms with Crippen molar-refractivity contribution in [2.75, 3.05) is 13.6 Å². The minimum Gasteiger partial charge on any atom is -0.338 e. The molecule has 0 bridgehead atoms. The standard InChI is InChI=1S/C12H23N5O/c1-9(2)7-10(3)16(4)12(18)11-8-17(6-5-13)15-14-11/h8-10H,5-7,13H2,1-4H3. The van der Waals surface area contributed by atoms with Crippen molar-refractivity contribution < 1.29 is 4.79 Å². The van der Waals surface area contributed by atoms with E-state index < -0.39 is 0 Å². The quantitative estimate of drug-likeness (QED) is 0.811. The lowest BCUT2D eigenvalue weighted by Gasteiger charge is -2.25. The Labute approximate surface area is 108 Å². The molecule has 102 valence electrons. The highest BCUT2D eigenvalue weighted by Gasteiger charge is 2.20.